The summed E-state index contributed by atoms with van der Waals surface area (Å²) in [5.41, 5.74) is 2.77. The van der Waals surface area contributed by atoms with Gasteiger partial charge < -0.3 is 0 Å². The quantitative estimate of drug-likeness (QED) is 0.640. The fourth-order valence-corrected chi connectivity index (χ4v) is 3.46. The van der Waals surface area contributed by atoms with E-state index in [1.54, 1.807) is 0 Å². The lowest BCUT2D eigenvalue weighted by Crippen LogP contribution is -2.13. The number of hydrogen-bond acceptors (Lipinski definition) is 1. The summed E-state index contributed by atoms with van der Waals surface area (Å²) in [5, 5.41) is 8.61. The first-order chi connectivity index (χ1) is 9.83. The lowest BCUT2D eigenvalue weighted by atomic mass is 9.77. The normalized spacial score (nSPS) is 22.4. The van der Waals surface area contributed by atoms with Crippen molar-refractivity contribution in [2.45, 2.75) is 57.3 Å². The standard InChI is InChI=1S/C18H24ClN/c19-13-1-3-15-5-9-17(10-6-15)18-11-7-16(8-12-18)4-2-14-20/h7-8,11-12,15,17H,1-6,9-10,13H2/t15-,17-. The van der Waals surface area contributed by atoms with Gasteiger partial charge in [0.05, 0.1) is 6.07 Å². The Bertz CT molecular complexity index is 424. The van der Waals surface area contributed by atoms with E-state index in [1.165, 1.54) is 49.7 Å². The molecule has 0 N–H and O–H groups in total. The van der Waals surface area contributed by atoms with Crippen LogP contribution < -0.4 is 0 Å². The summed E-state index contributed by atoms with van der Waals surface area (Å²) in [6, 6.07) is 11.2. The van der Waals surface area contributed by atoms with Gasteiger partial charge >= 0.3 is 0 Å². The number of hydrogen-bond donors (Lipinski definition) is 0. The van der Waals surface area contributed by atoms with Crippen molar-refractivity contribution in [3.8, 4) is 6.07 Å². The molecule has 1 aromatic rings. The SMILES string of the molecule is N#CCCc1ccc([C@H]2CC[C@H](CCCCl)CC2)cc1. The Hall–Kier alpha value is -1.00. The van der Waals surface area contributed by atoms with E-state index >= 15 is 0 Å². The van der Waals surface area contributed by atoms with Gasteiger partial charge in [0.25, 0.3) is 0 Å². The molecule has 0 heterocycles. The Morgan fingerprint density at radius 1 is 1.10 bits per heavy atom. The van der Waals surface area contributed by atoms with Crippen LogP contribution in [0.25, 0.3) is 0 Å². The zero-order chi connectivity index (χ0) is 14.2. The molecule has 1 fully saturated rings. The molecule has 1 nitrogen and oxygen atoms in total. The number of halogens is 1. The Labute approximate surface area is 128 Å². The van der Waals surface area contributed by atoms with Gasteiger partial charge in [-0.3, -0.25) is 0 Å². The monoisotopic (exact) mass is 289 g/mol. The Kier molecular flexibility index (Phi) is 6.40. The van der Waals surface area contributed by atoms with Gasteiger partial charge in [0.1, 0.15) is 0 Å². The van der Waals surface area contributed by atoms with Gasteiger partial charge in [-0.1, -0.05) is 24.3 Å². The Balaban J connectivity index is 1.83. The first-order valence-electron chi connectivity index (χ1n) is 7.85. The first kappa shape index (κ1) is 15.4. The molecule has 0 atom stereocenters. The number of alkyl halides is 1. The molecule has 108 valence electrons. The first-order valence-corrected chi connectivity index (χ1v) is 8.38. The summed E-state index contributed by atoms with van der Waals surface area (Å²) in [6.45, 7) is 0. The highest BCUT2D eigenvalue weighted by atomic mass is 35.5. The number of aryl methyl sites for hydroxylation is 1. The fourth-order valence-electron chi connectivity index (χ4n) is 3.31. The summed E-state index contributed by atoms with van der Waals surface area (Å²) < 4.78 is 0. The van der Waals surface area contributed by atoms with Crippen molar-refractivity contribution in [1.82, 2.24) is 0 Å². The average molecular weight is 290 g/mol. The predicted octanol–water partition coefficient (Wildman–Crippen LogP) is 5.44. The number of rotatable bonds is 6. The minimum Gasteiger partial charge on any atom is -0.198 e. The molecule has 20 heavy (non-hydrogen) atoms. The highest BCUT2D eigenvalue weighted by Crippen LogP contribution is 2.37. The van der Waals surface area contributed by atoms with Crippen LogP contribution in [-0.2, 0) is 6.42 Å². The molecular weight excluding hydrogens is 266 g/mol. The average Bonchev–Trinajstić information content (AvgIpc) is 2.52. The molecule has 0 spiro atoms. The Morgan fingerprint density at radius 3 is 2.40 bits per heavy atom. The molecule has 0 saturated heterocycles. The van der Waals surface area contributed by atoms with Crippen molar-refractivity contribution in [2.24, 2.45) is 5.92 Å². The second-order valence-electron chi connectivity index (χ2n) is 5.95. The van der Waals surface area contributed by atoms with E-state index in [0.717, 1.165) is 24.1 Å². The number of nitrogens with zero attached hydrogens (tertiary/aromatic N) is 1. The maximum absolute atomic E-state index is 8.61. The summed E-state index contributed by atoms with van der Waals surface area (Å²) in [7, 11) is 0. The van der Waals surface area contributed by atoms with Crippen molar-refractivity contribution in [3.63, 3.8) is 0 Å². The molecule has 0 amide bonds. The van der Waals surface area contributed by atoms with E-state index in [0.29, 0.717) is 6.42 Å². The largest absolute Gasteiger partial charge is 0.198 e. The third kappa shape index (κ3) is 4.53. The molecular formula is C18H24ClN. The number of benzene rings is 1. The predicted molar refractivity (Wildman–Crippen MR) is 85.0 cm³/mol. The summed E-state index contributed by atoms with van der Waals surface area (Å²) in [5.74, 6) is 2.46. The van der Waals surface area contributed by atoms with Crippen molar-refractivity contribution in [2.75, 3.05) is 5.88 Å². The minimum absolute atomic E-state index is 0.616. The fraction of sp³-hybridized carbons (Fsp3) is 0.611. The zero-order valence-electron chi connectivity index (χ0n) is 12.2. The van der Waals surface area contributed by atoms with E-state index in [4.69, 9.17) is 16.9 Å². The van der Waals surface area contributed by atoms with Crippen LogP contribution in [0.5, 0.6) is 0 Å². The number of nitriles is 1. The van der Waals surface area contributed by atoms with E-state index in [1.807, 2.05) is 0 Å². The maximum Gasteiger partial charge on any atom is 0.0625 e. The minimum atomic E-state index is 0.616. The smallest absolute Gasteiger partial charge is 0.0625 e. The van der Waals surface area contributed by atoms with Crippen molar-refractivity contribution in [1.29, 1.82) is 5.26 Å². The van der Waals surface area contributed by atoms with Gasteiger partial charge in [-0.15, -0.1) is 11.6 Å². The third-order valence-corrected chi connectivity index (χ3v) is 4.84. The lowest BCUT2D eigenvalue weighted by Gasteiger charge is -2.28. The molecule has 1 aliphatic rings. The molecule has 0 bridgehead atoms. The van der Waals surface area contributed by atoms with Gasteiger partial charge in [-0.2, -0.15) is 5.26 Å². The van der Waals surface area contributed by atoms with Gasteiger partial charge in [0.15, 0.2) is 0 Å². The van der Waals surface area contributed by atoms with Crippen LogP contribution in [0.3, 0.4) is 0 Å². The van der Waals surface area contributed by atoms with Crippen LogP contribution in [0.4, 0.5) is 0 Å². The van der Waals surface area contributed by atoms with E-state index < -0.39 is 0 Å². The second kappa shape index (κ2) is 8.32. The highest BCUT2D eigenvalue weighted by molar-refractivity contribution is 6.17. The molecule has 1 aromatic carbocycles. The second-order valence-corrected chi connectivity index (χ2v) is 6.33. The molecule has 0 aromatic heterocycles. The summed E-state index contributed by atoms with van der Waals surface area (Å²) in [6.07, 6.45) is 9.34. The van der Waals surface area contributed by atoms with Crippen LogP contribution in [0.1, 0.15) is 62.0 Å². The van der Waals surface area contributed by atoms with Crippen LogP contribution in [0.2, 0.25) is 0 Å². The Morgan fingerprint density at radius 2 is 1.80 bits per heavy atom. The van der Waals surface area contributed by atoms with Crippen molar-refractivity contribution < 1.29 is 0 Å². The lowest BCUT2D eigenvalue weighted by molar-refractivity contribution is 0.308. The zero-order valence-corrected chi connectivity index (χ0v) is 12.9. The van der Waals surface area contributed by atoms with Gasteiger partial charge in [0.2, 0.25) is 0 Å². The van der Waals surface area contributed by atoms with E-state index in [9.17, 15) is 0 Å². The van der Waals surface area contributed by atoms with Gasteiger partial charge in [-0.05, 0) is 67.9 Å². The van der Waals surface area contributed by atoms with Crippen molar-refractivity contribution >= 4 is 11.6 Å². The maximum atomic E-state index is 8.61. The van der Waals surface area contributed by atoms with Gasteiger partial charge in [0, 0.05) is 12.3 Å². The van der Waals surface area contributed by atoms with Crippen LogP contribution >= 0.6 is 11.6 Å². The van der Waals surface area contributed by atoms with Gasteiger partial charge in [-0.25, -0.2) is 0 Å². The molecule has 0 radical (unpaired) electrons. The topological polar surface area (TPSA) is 23.8 Å². The molecule has 1 aliphatic carbocycles. The van der Waals surface area contributed by atoms with Crippen LogP contribution in [-0.4, -0.2) is 5.88 Å². The van der Waals surface area contributed by atoms with Crippen LogP contribution in [0, 0.1) is 17.2 Å². The molecule has 2 heteroatoms. The van der Waals surface area contributed by atoms with Crippen LogP contribution in [0.15, 0.2) is 24.3 Å². The summed E-state index contributed by atoms with van der Waals surface area (Å²) >= 11 is 5.78. The van der Waals surface area contributed by atoms with E-state index in [2.05, 4.69) is 30.3 Å². The summed E-state index contributed by atoms with van der Waals surface area (Å²) in [4.78, 5) is 0. The molecule has 0 unspecified atom stereocenters. The van der Waals surface area contributed by atoms with E-state index in [-0.39, 0.29) is 0 Å². The molecule has 1 saturated carbocycles. The third-order valence-electron chi connectivity index (χ3n) is 4.57. The molecule has 2 rings (SSSR count). The highest BCUT2D eigenvalue weighted by Gasteiger charge is 2.21. The van der Waals surface area contributed by atoms with Crippen molar-refractivity contribution in [3.05, 3.63) is 35.4 Å². The molecule has 0 aliphatic heterocycles.